The van der Waals surface area contributed by atoms with Crippen LogP contribution in [0.4, 0.5) is 0 Å². The van der Waals surface area contributed by atoms with Crippen LogP contribution in [0.2, 0.25) is 78.6 Å². The molecule has 1 unspecified atom stereocenters. The molecule has 0 fully saturated rings. The molecule has 0 saturated carbocycles. The molecule has 0 aliphatic carbocycles. The van der Waals surface area contributed by atoms with Crippen molar-refractivity contribution in [3.8, 4) is 0 Å². The number of nitrogens with zero attached hydrogens (tertiary/aromatic N) is 2. The van der Waals surface area contributed by atoms with Gasteiger partial charge in [0.1, 0.15) is 0 Å². The molecule has 0 aliphatic rings. The van der Waals surface area contributed by atoms with Gasteiger partial charge in [-0.1, -0.05) is 0 Å². The first kappa shape index (κ1) is 27.8. The molecule has 0 bridgehead atoms. The first-order valence-electron chi connectivity index (χ1n) is 11.0. The van der Waals surface area contributed by atoms with Crippen molar-refractivity contribution in [2.75, 3.05) is 0 Å². The van der Waals surface area contributed by atoms with Crippen LogP contribution in [0.3, 0.4) is 0 Å². The van der Waals surface area contributed by atoms with E-state index >= 15 is 0 Å². The molecule has 29 heavy (non-hydrogen) atoms. The van der Waals surface area contributed by atoms with Crippen LogP contribution >= 0.6 is 0 Å². The van der Waals surface area contributed by atoms with Gasteiger partial charge in [-0.2, -0.15) is 0 Å². The molecule has 8 heteroatoms. The number of rotatable bonds is 11. The fraction of sp³-hybridized carbons (Fsp3) is 0.714. The second-order valence-electron chi connectivity index (χ2n) is 12.1. The SMILES string of the molecule is C[Si](C)(C)[N]([Sn][O]C(CCc1ccccc1)N([Si](C)(C)C)[Si](C)(C)C)[Si](C)(C)C. The Balaban J connectivity index is 3.14. The Hall–Kier alpha value is 0.766. The molecule has 1 rings (SSSR count). The summed E-state index contributed by atoms with van der Waals surface area (Å²) >= 11 is -1.07. The van der Waals surface area contributed by atoms with E-state index in [1.54, 1.807) is 0 Å². The predicted molar refractivity (Wildman–Crippen MR) is 142 cm³/mol. The predicted octanol–water partition coefficient (Wildman–Crippen LogP) is 6.44. The summed E-state index contributed by atoms with van der Waals surface area (Å²) in [5.74, 6) is 0. The Morgan fingerprint density at radius 1 is 0.724 bits per heavy atom. The average Bonchev–Trinajstić information content (AvgIpc) is 2.48. The van der Waals surface area contributed by atoms with Gasteiger partial charge in [0.15, 0.2) is 0 Å². The van der Waals surface area contributed by atoms with Gasteiger partial charge in [-0.15, -0.1) is 0 Å². The van der Waals surface area contributed by atoms with E-state index in [0.717, 1.165) is 12.8 Å². The molecule has 0 amide bonds. The van der Waals surface area contributed by atoms with Crippen molar-refractivity contribution >= 4 is 54.8 Å². The Bertz CT molecular complexity index is 591. The van der Waals surface area contributed by atoms with E-state index in [2.05, 4.69) is 116 Å². The topological polar surface area (TPSA) is 15.7 Å². The van der Waals surface area contributed by atoms with Gasteiger partial charge in [-0.25, -0.2) is 0 Å². The molecule has 0 aromatic heterocycles. The Morgan fingerprint density at radius 3 is 1.55 bits per heavy atom. The van der Waals surface area contributed by atoms with Crippen LogP contribution in [-0.2, 0) is 9.49 Å². The maximum atomic E-state index is 7.05. The van der Waals surface area contributed by atoms with Crippen LogP contribution in [0, 0.1) is 0 Å². The van der Waals surface area contributed by atoms with Gasteiger partial charge >= 0.3 is 198 Å². The van der Waals surface area contributed by atoms with E-state index in [1.807, 2.05) is 0 Å². The van der Waals surface area contributed by atoms with Gasteiger partial charge in [-0.3, -0.25) is 0 Å². The quantitative estimate of drug-likeness (QED) is 0.224. The van der Waals surface area contributed by atoms with Crippen molar-refractivity contribution in [3.63, 3.8) is 0 Å². The van der Waals surface area contributed by atoms with E-state index in [4.69, 9.17) is 3.07 Å². The summed E-state index contributed by atoms with van der Waals surface area (Å²) in [6, 6.07) is 11.0. The summed E-state index contributed by atoms with van der Waals surface area (Å²) in [5, 5.41) is 0. The number of hydrogen-bond donors (Lipinski definition) is 0. The molecule has 0 aliphatic heterocycles. The van der Waals surface area contributed by atoms with Crippen molar-refractivity contribution in [2.24, 2.45) is 0 Å². The number of benzene rings is 1. The van der Waals surface area contributed by atoms with Crippen molar-refractivity contribution in [2.45, 2.75) is 97.6 Å². The molecule has 0 N–H and O–H groups in total. The summed E-state index contributed by atoms with van der Waals surface area (Å²) < 4.78 is 12.9. The molecular formula is C21H46N2OSi4Sn. The summed E-state index contributed by atoms with van der Waals surface area (Å²) in [6.07, 6.45) is 2.51. The van der Waals surface area contributed by atoms with Crippen molar-refractivity contribution in [1.29, 1.82) is 0 Å². The molecule has 0 saturated heterocycles. The van der Waals surface area contributed by atoms with Crippen molar-refractivity contribution in [3.05, 3.63) is 35.9 Å². The second kappa shape index (κ2) is 10.6. The van der Waals surface area contributed by atoms with Crippen LogP contribution in [0.25, 0.3) is 0 Å². The minimum absolute atomic E-state index is 0.287. The second-order valence-corrected chi connectivity index (χ2v) is 37.2. The first-order chi connectivity index (χ1) is 12.9. The van der Waals surface area contributed by atoms with Gasteiger partial charge in [0, 0.05) is 0 Å². The normalized spacial score (nSPS) is 15.2. The summed E-state index contributed by atoms with van der Waals surface area (Å²) in [4.78, 5) is 0. The minimum atomic E-state index is -1.49. The molecule has 1 aromatic carbocycles. The average molecular weight is 574 g/mol. The van der Waals surface area contributed by atoms with E-state index in [0.29, 0.717) is 0 Å². The zero-order valence-corrected chi connectivity index (χ0v) is 28.0. The summed E-state index contributed by atoms with van der Waals surface area (Å²) in [7, 11) is -5.68. The first-order valence-corrected chi connectivity index (χ1v) is 27.2. The van der Waals surface area contributed by atoms with E-state index in [-0.39, 0.29) is 6.23 Å². The molecule has 0 spiro atoms. The van der Waals surface area contributed by atoms with Gasteiger partial charge in [0.05, 0.1) is 0 Å². The molecule has 1 atom stereocenters. The molecule has 2 radical (unpaired) electrons. The van der Waals surface area contributed by atoms with Gasteiger partial charge in [0.25, 0.3) is 0 Å². The number of aryl methyl sites for hydroxylation is 1. The molecular weight excluding hydrogens is 527 g/mol. The van der Waals surface area contributed by atoms with Gasteiger partial charge < -0.3 is 0 Å². The third-order valence-electron chi connectivity index (χ3n) is 4.88. The third kappa shape index (κ3) is 9.42. The molecule has 1 aromatic rings. The summed E-state index contributed by atoms with van der Waals surface area (Å²) in [5.41, 5.74) is 1.44. The fourth-order valence-electron chi connectivity index (χ4n) is 4.44. The van der Waals surface area contributed by atoms with Crippen LogP contribution in [0.1, 0.15) is 12.0 Å². The zero-order valence-electron chi connectivity index (χ0n) is 21.2. The van der Waals surface area contributed by atoms with Gasteiger partial charge in [-0.05, 0) is 0 Å². The van der Waals surface area contributed by atoms with Crippen LogP contribution in [0.5, 0.6) is 0 Å². The Kier molecular flexibility index (Phi) is 10.2. The van der Waals surface area contributed by atoms with E-state index in [1.165, 1.54) is 5.56 Å². The van der Waals surface area contributed by atoms with Crippen LogP contribution in [-0.4, -0.2) is 67.7 Å². The standard InChI is InChI=1S/C15H28NOSi2.C6H18NSi2.Sn/c1-18(2,3)16(19(4,5)6)15(17)13-12-14-10-8-7-9-11-14;1-8(2,3)7-9(4,5)6;/h7-11,15H,12-13H2,1-6H3;1-6H3;/q2*-1;+2. The molecule has 166 valence electrons. The third-order valence-corrected chi connectivity index (χ3v) is 33.4. The van der Waals surface area contributed by atoms with Crippen LogP contribution < -0.4 is 0 Å². The zero-order chi connectivity index (χ0) is 22.7. The molecule has 0 heterocycles. The van der Waals surface area contributed by atoms with E-state index in [9.17, 15) is 0 Å². The Labute approximate surface area is 197 Å². The van der Waals surface area contributed by atoms with Crippen molar-refractivity contribution in [1.82, 2.24) is 6.68 Å². The monoisotopic (exact) mass is 574 g/mol. The van der Waals surface area contributed by atoms with Crippen LogP contribution in [0.15, 0.2) is 30.3 Å². The Morgan fingerprint density at radius 2 is 1.17 bits per heavy atom. The number of hydrogen-bond acceptors (Lipinski definition) is 3. The molecule has 3 nitrogen and oxygen atoms in total. The maximum absolute atomic E-state index is 7.05. The fourth-order valence-corrected chi connectivity index (χ4v) is 30.5. The van der Waals surface area contributed by atoms with Gasteiger partial charge in [0.2, 0.25) is 0 Å². The summed E-state index contributed by atoms with van der Waals surface area (Å²) in [6.45, 7) is 30.0. The van der Waals surface area contributed by atoms with E-state index < -0.39 is 54.8 Å². The van der Waals surface area contributed by atoms with Crippen molar-refractivity contribution < 1.29 is 3.07 Å².